The first kappa shape index (κ1) is 21.9. The average molecular weight is 325 g/mol. The second-order valence-electron chi connectivity index (χ2n) is 6.28. The Labute approximate surface area is 142 Å². The van der Waals surface area contributed by atoms with Gasteiger partial charge in [0.15, 0.2) is 0 Å². The van der Waals surface area contributed by atoms with Crippen molar-refractivity contribution in [3.05, 3.63) is 24.3 Å². The molecule has 3 heteroatoms. The van der Waals surface area contributed by atoms with Gasteiger partial charge in [-0.1, -0.05) is 82.6 Å². The molecule has 134 valence electrons. The Morgan fingerprint density at radius 3 is 2.22 bits per heavy atom. The number of aliphatic carboxylic acids is 1. The number of hydrogen-bond acceptors (Lipinski definition) is 2. The Hall–Kier alpha value is -1.09. The van der Waals surface area contributed by atoms with Crippen LogP contribution in [0.4, 0.5) is 0 Å². The van der Waals surface area contributed by atoms with Crippen LogP contribution in [0.1, 0.15) is 90.4 Å². The fraction of sp³-hybridized carbons (Fsp3) is 0.750. The number of carboxylic acids is 1. The fourth-order valence-corrected chi connectivity index (χ4v) is 2.49. The maximum absolute atomic E-state index is 10.4. The van der Waals surface area contributed by atoms with Crippen molar-refractivity contribution in [2.45, 2.75) is 96.5 Å². The summed E-state index contributed by atoms with van der Waals surface area (Å²) in [6, 6.07) is 0. The molecule has 0 amide bonds. The molecule has 0 aromatic heterocycles. The van der Waals surface area contributed by atoms with Crippen LogP contribution in [0.5, 0.6) is 0 Å². The number of unbranched alkanes of at least 4 members (excludes halogenated alkanes) is 9. The molecule has 0 aliphatic heterocycles. The minimum atomic E-state index is -0.692. The topological polar surface area (TPSA) is 57.5 Å². The lowest BCUT2D eigenvalue weighted by molar-refractivity contribution is -0.137. The zero-order valence-electron chi connectivity index (χ0n) is 14.9. The maximum Gasteiger partial charge on any atom is 0.303 e. The second-order valence-corrected chi connectivity index (χ2v) is 6.28. The minimum Gasteiger partial charge on any atom is -0.481 e. The number of rotatable bonds is 16. The van der Waals surface area contributed by atoms with E-state index in [4.69, 9.17) is 5.11 Å². The number of hydrogen-bond donors (Lipinski definition) is 2. The number of carboxylic acid groups (broad SMARTS) is 1. The van der Waals surface area contributed by atoms with Crippen LogP contribution in [0.2, 0.25) is 0 Å². The maximum atomic E-state index is 10.4. The van der Waals surface area contributed by atoms with E-state index >= 15 is 0 Å². The standard InChI is InChI=1S/C20H36O3/c1-2-3-4-5-7-10-13-16-19(21)17-14-11-8-6-9-12-15-18-20(22)23/h7,10,13,16,19,21H,2-6,8-9,11-12,14-15,17-18H2,1H3,(H,22,23)/b10-7+,16-13+. The molecule has 3 nitrogen and oxygen atoms in total. The van der Waals surface area contributed by atoms with Crippen molar-refractivity contribution in [1.29, 1.82) is 0 Å². The number of allylic oxidation sites excluding steroid dienone is 3. The van der Waals surface area contributed by atoms with Crippen molar-refractivity contribution in [1.82, 2.24) is 0 Å². The predicted octanol–water partition coefficient (Wildman–Crippen LogP) is 5.64. The molecule has 0 saturated heterocycles. The summed E-state index contributed by atoms with van der Waals surface area (Å²) < 4.78 is 0. The Bertz CT molecular complexity index is 321. The molecule has 0 aliphatic carbocycles. The molecule has 0 fully saturated rings. The Morgan fingerprint density at radius 1 is 0.913 bits per heavy atom. The van der Waals surface area contributed by atoms with Crippen LogP contribution in [-0.2, 0) is 4.79 Å². The summed E-state index contributed by atoms with van der Waals surface area (Å²) in [6.07, 6.45) is 21.3. The zero-order chi connectivity index (χ0) is 17.2. The van der Waals surface area contributed by atoms with Gasteiger partial charge in [0.2, 0.25) is 0 Å². The molecule has 0 bridgehead atoms. The molecule has 0 rings (SSSR count). The summed E-state index contributed by atoms with van der Waals surface area (Å²) in [5, 5.41) is 18.4. The Morgan fingerprint density at radius 2 is 1.57 bits per heavy atom. The first-order valence-corrected chi connectivity index (χ1v) is 9.40. The smallest absolute Gasteiger partial charge is 0.303 e. The molecule has 1 atom stereocenters. The highest BCUT2D eigenvalue weighted by Gasteiger charge is 1.99. The normalized spacial score (nSPS) is 13.1. The highest BCUT2D eigenvalue weighted by atomic mass is 16.4. The Balaban J connectivity index is 3.35. The van der Waals surface area contributed by atoms with Crippen LogP contribution in [0, 0.1) is 0 Å². The summed E-state index contributed by atoms with van der Waals surface area (Å²) in [6.45, 7) is 2.21. The van der Waals surface area contributed by atoms with Gasteiger partial charge in [-0.05, 0) is 25.7 Å². The van der Waals surface area contributed by atoms with Crippen LogP contribution in [-0.4, -0.2) is 22.3 Å². The summed E-state index contributed by atoms with van der Waals surface area (Å²) in [5.41, 5.74) is 0. The van der Waals surface area contributed by atoms with Gasteiger partial charge in [-0.3, -0.25) is 4.79 Å². The van der Waals surface area contributed by atoms with Crippen molar-refractivity contribution in [2.24, 2.45) is 0 Å². The van der Waals surface area contributed by atoms with Crippen molar-refractivity contribution in [3.8, 4) is 0 Å². The van der Waals surface area contributed by atoms with Gasteiger partial charge in [0.25, 0.3) is 0 Å². The third-order valence-corrected chi connectivity index (χ3v) is 3.95. The third kappa shape index (κ3) is 18.9. The first-order valence-electron chi connectivity index (χ1n) is 9.40. The molecule has 0 aromatic rings. The molecular weight excluding hydrogens is 288 g/mol. The lowest BCUT2D eigenvalue weighted by Gasteiger charge is -2.05. The highest BCUT2D eigenvalue weighted by molar-refractivity contribution is 5.66. The largest absolute Gasteiger partial charge is 0.481 e. The molecule has 1 unspecified atom stereocenters. The van der Waals surface area contributed by atoms with Crippen LogP contribution >= 0.6 is 0 Å². The van der Waals surface area contributed by atoms with Gasteiger partial charge < -0.3 is 10.2 Å². The van der Waals surface area contributed by atoms with Crippen LogP contribution in [0.3, 0.4) is 0 Å². The van der Waals surface area contributed by atoms with E-state index in [1.54, 1.807) is 0 Å². The summed E-state index contributed by atoms with van der Waals surface area (Å²) in [4.78, 5) is 10.4. The van der Waals surface area contributed by atoms with Crippen molar-refractivity contribution >= 4 is 5.97 Å². The minimum absolute atomic E-state index is 0.297. The van der Waals surface area contributed by atoms with Crippen molar-refractivity contribution in [3.63, 3.8) is 0 Å². The monoisotopic (exact) mass is 324 g/mol. The lowest BCUT2D eigenvalue weighted by atomic mass is 10.1. The SMILES string of the molecule is CCCCC/C=C/C=C/C(O)CCCCCCCCCC(=O)O. The lowest BCUT2D eigenvalue weighted by Crippen LogP contribution is -2.01. The fourth-order valence-electron chi connectivity index (χ4n) is 2.49. The van der Waals surface area contributed by atoms with E-state index < -0.39 is 5.97 Å². The predicted molar refractivity (Wildman–Crippen MR) is 97.6 cm³/mol. The molecule has 0 saturated carbocycles. The number of aliphatic hydroxyl groups is 1. The number of aliphatic hydroxyl groups excluding tert-OH is 1. The van der Waals surface area contributed by atoms with E-state index in [1.165, 1.54) is 32.1 Å². The Kier molecular flexibility index (Phi) is 16.4. The molecule has 0 radical (unpaired) electrons. The second kappa shape index (κ2) is 17.3. The molecule has 23 heavy (non-hydrogen) atoms. The van der Waals surface area contributed by atoms with Crippen LogP contribution in [0.25, 0.3) is 0 Å². The average Bonchev–Trinajstić information content (AvgIpc) is 2.52. The van der Waals surface area contributed by atoms with Crippen LogP contribution < -0.4 is 0 Å². The van der Waals surface area contributed by atoms with Crippen LogP contribution in [0.15, 0.2) is 24.3 Å². The quantitative estimate of drug-likeness (QED) is 0.285. The van der Waals surface area contributed by atoms with E-state index in [9.17, 15) is 9.90 Å². The van der Waals surface area contributed by atoms with Gasteiger partial charge in [-0.25, -0.2) is 0 Å². The summed E-state index contributed by atoms with van der Waals surface area (Å²) in [7, 11) is 0. The van der Waals surface area contributed by atoms with Gasteiger partial charge in [0.05, 0.1) is 6.10 Å². The van der Waals surface area contributed by atoms with Crippen molar-refractivity contribution in [2.75, 3.05) is 0 Å². The van der Waals surface area contributed by atoms with Gasteiger partial charge >= 0.3 is 5.97 Å². The highest BCUT2D eigenvalue weighted by Crippen LogP contribution is 2.11. The van der Waals surface area contributed by atoms with Gasteiger partial charge in [0, 0.05) is 6.42 Å². The van der Waals surface area contributed by atoms with E-state index in [0.29, 0.717) is 6.42 Å². The van der Waals surface area contributed by atoms with E-state index in [2.05, 4.69) is 13.0 Å². The zero-order valence-corrected chi connectivity index (χ0v) is 14.9. The van der Waals surface area contributed by atoms with E-state index in [1.807, 2.05) is 18.2 Å². The molecule has 2 N–H and O–H groups in total. The molecule has 0 heterocycles. The van der Waals surface area contributed by atoms with Crippen molar-refractivity contribution < 1.29 is 15.0 Å². The summed E-state index contributed by atoms with van der Waals surface area (Å²) >= 11 is 0. The first-order chi connectivity index (χ1) is 11.2. The third-order valence-electron chi connectivity index (χ3n) is 3.95. The van der Waals surface area contributed by atoms with Gasteiger partial charge in [-0.15, -0.1) is 0 Å². The van der Waals surface area contributed by atoms with Gasteiger partial charge in [-0.2, -0.15) is 0 Å². The molecule has 0 aliphatic rings. The summed E-state index contributed by atoms with van der Waals surface area (Å²) in [5.74, 6) is -0.692. The van der Waals surface area contributed by atoms with E-state index in [-0.39, 0.29) is 6.10 Å². The molecular formula is C20H36O3. The molecule has 0 aromatic carbocycles. The van der Waals surface area contributed by atoms with E-state index in [0.717, 1.165) is 44.9 Å². The van der Waals surface area contributed by atoms with Gasteiger partial charge in [0.1, 0.15) is 0 Å². The number of carbonyl (C=O) groups is 1. The molecule has 0 spiro atoms.